The molecule has 0 aromatic heterocycles. The Morgan fingerprint density at radius 3 is 2.55 bits per heavy atom. The number of hydrogen-bond donors (Lipinski definition) is 2. The quantitative estimate of drug-likeness (QED) is 0.245. The summed E-state index contributed by atoms with van der Waals surface area (Å²) < 4.78 is 0. The van der Waals surface area contributed by atoms with Gasteiger partial charge in [-0.05, 0) is 42.6 Å². The van der Waals surface area contributed by atoms with Gasteiger partial charge in [-0.1, -0.05) is 54.6 Å². The first kappa shape index (κ1) is 23.6. The standard InChI is InChI=1S/C25H33N5.HI/c1-26-25(27-18-22-11-7-12-23(17-22)29-14-5-6-15-29)28-19-24-13-8-16-30(24)20-21-9-3-2-4-10-21;/h2-7,9-12,17,24H,8,13-16,18-20H2,1H3,(H2,26,27,28);1H. The third kappa shape index (κ3) is 6.71. The molecule has 2 N–H and O–H groups in total. The van der Waals surface area contributed by atoms with Crippen LogP contribution < -0.4 is 15.5 Å². The molecule has 6 heteroatoms. The molecule has 0 aliphatic carbocycles. The van der Waals surface area contributed by atoms with Gasteiger partial charge >= 0.3 is 0 Å². The molecule has 1 atom stereocenters. The van der Waals surface area contributed by atoms with E-state index in [-0.39, 0.29) is 24.0 Å². The molecule has 0 radical (unpaired) electrons. The number of benzene rings is 2. The van der Waals surface area contributed by atoms with E-state index in [0.29, 0.717) is 6.04 Å². The smallest absolute Gasteiger partial charge is 0.191 e. The average molecular weight is 531 g/mol. The van der Waals surface area contributed by atoms with Crippen LogP contribution >= 0.6 is 24.0 Å². The van der Waals surface area contributed by atoms with Crippen LogP contribution in [-0.4, -0.2) is 50.1 Å². The normalized spacial score (nSPS) is 18.8. The van der Waals surface area contributed by atoms with Gasteiger partial charge in [0, 0.05) is 51.5 Å². The molecule has 0 amide bonds. The number of anilines is 1. The van der Waals surface area contributed by atoms with Crippen molar-refractivity contribution in [1.29, 1.82) is 0 Å². The number of nitrogens with zero attached hydrogens (tertiary/aromatic N) is 3. The van der Waals surface area contributed by atoms with Crippen LogP contribution in [0.3, 0.4) is 0 Å². The lowest BCUT2D eigenvalue weighted by atomic mass is 10.2. The molecule has 5 nitrogen and oxygen atoms in total. The Bertz CT molecular complexity index is 859. The first-order valence-corrected chi connectivity index (χ1v) is 11.0. The molecule has 1 saturated heterocycles. The van der Waals surface area contributed by atoms with Crippen molar-refractivity contribution in [1.82, 2.24) is 15.5 Å². The SMILES string of the molecule is CN=C(NCc1cccc(N2CC=CC2)c1)NCC1CCCN1Cc1ccccc1.I. The summed E-state index contributed by atoms with van der Waals surface area (Å²) in [7, 11) is 1.85. The Balaban J connectivity index is 0.00000272. The van der Waals surface area contributed by atoms with Gasteiger partial charge in [0.1, 0.15) is 0 Å². The molecule has 2 aliphatic rings. The molecule has 2 aromatic rings. The Labute approximate surface area is 203 Å². The van der Waals surface area contributed by atoms with Crippen LogP contribution in [-0.2, 0) is 13.1 Å². The molecule has 31 heavy (non-hydrogen) atoms. The molecule has 2 aliphatic heterocycles. The van der Waals surface area contributed by atoms with Crippen molar-refractivity contribution in [3.05, 3.63) is 77.9 Å². The topological polar surface area (TPSA) is 42.9 Å². The van der Waals surface area contributed by atoms with Gasteiger partial charge in [-0.2, -0.15) is 0 Å². The van der Waals surface area contributed by atoms with Gasteiger partial charge in [0.2, 0.25) is 0 Å². The largest absolute Gasteiger partial charge is 0.364 e. The van der Waals surface area contributed by atoms with E-state index in [0.717, 1.165) is 38.7 Å². The minimum absolute atomic E-state index is 0. The fourth-order valence-corrected chi connectivity index (χ4v) is 4.33. The Hall–Kier alpha value is -2.06. The zero-order chi connectivity index (χ0) is 20.6. The average Bonchev–Trinajstić information content (AvgIpc) is 3.47. The van der Waals surface area contributed by atoms with E-state index in [9.17, 15) is 0 Å². The van der Waals surface area contributed by atoms with E-state index in [1.165, 1.54) is 36.2 Å². The number of nitrogens with one attached hydrogen (secondary N) is 2. The number of hydrogen-bond acceptors (Lipinski definition) is 3. The fraction of sp³-hybridized carbons (Fsp3) is 0.400. The van der Waals surface area contributed by atoms with Crippen LogP contribution in [0.2, 0.25) is 0 Å². The van der Waals surface area contributed by atoms with Crippen molar-refractivity contribution < 1.29 is 0 Å². The highest BCUT2D eigenvalue weighted by atomic mass is 127. The Morgan fingerprint density at radius 2 is 1.77 bits per heavy atom. The van der Waals surface area contributed by atoms with Crippen LogP contribution in [0.25, 0.3) is 0 Å². The van der Waals surface area contributed by atoms with Gasteiger partial charge in [-0.15, -0.1) is 24.0 Å². The van der Waals surface area contributed by atoms with E-state index in [1.807, 2.05) is 7.05 Å². The molecule has 0 saturated carbocycles. The monoisotopic (exact) mass is 531 g/mol. The predicted molar refractivity (Wildman–Crippen MR) is 141 cm³/mol. The molecule has 1 unspecified atom stereocenters. The fourth-order valence-electron chi connectivity index (χ4n) is 4.33. The summed E-state index contributed by atoms with van der Waals surface area (Å²) in [5.41, 5.74) is 3.94. The minimum atomic E-state index is 0. The summed E-state index contributed by atoms with van der Waals surface area (Å²) in [4.78, 5) is 9.39. The van der Waals surface area contributed by atoms with E-state index >= 15 is 0 Å². The van der Waals surface area contributed by atoms with Crippen LogP contribution in [0, 0.1) is 0 Å². The first-order valence-electron chi connectivity index (χ1n) is 11.0. The predicted octanol–water partition coefficient (Wildman–Crippen LogP) is 4.01. The maximum Gasteiger partial charge on any atom is 0.191 e. The van der Waals surface area contributed by atoms with E-state index in [2.05, 4.69) is 92.2 Å². The third-order valence-electron chi connectivity index (χ3n) is 6.01. The summed E-state index contributed by atoms with van der Waals surface area (Å²) in [5.74, 6) is 0.870. The lowest BCUT2D eigenvalue weighted by molar-refractivity contribution is 0.245. The Kier molecular flexibility index (Phi) is 9.21. The van der Waals surface area contributed by atoms with E-state index in [1.54, 1.807) is 0 Å². The summed E-state index contributed by atoms with van der Waals surface area (Å²) in [6, 6.07) is 20.1. The van der Waals surface area contributed by atoms with Crippen LogP contribution in [0.15, 0.2) is 71.7 Å². The first-order chi connectivity index (χ1) is 14.8. The zero-order valence-electron chi connectivity index (χ0n) is 18.3. The highest BCUT2D eigenvalue weighted by Crippen LogP contribution is 2.20. The van der Waals surface area contributed by atoms with Gasteiger partial charge in [0.25, 0.3) is 0 Å². The number of aliphatic imine (C=N–C) groups is 1. The van der Waals surface area contributed by atoms with Crippen molar-refractivity contribution in [2.45, 2.75) is 32.0 Å². The van der Waals surface area contributed by atoms with Crippen LogP contribution in [0.4, 0.5) is 5.69 Å². The summed E-state index contributed by atoms with van der Waals surface area (Å²) in [6.07, 6.45) is 6.95. The molecule has 2 aromatic carbocycles. The van der Waals surface area contributed by atoms with Gasteiger partial charge in [-0.3, -0.25) is 9.89 Å². The van der Waals surface area contributed by atoms with Crippen LogP contribution in [0.1, 0.15) is 24.0 Å². The number of likely N-dealkylation sites (tertiary alicyclic amines) is 1. The highest BCUT2D eigenvalue weighted by Gasteiger charge is 2.24. The Morgan fingerprint density at radius 1 is 1.00 bits per heavy atom. The van der Waals surface area contributed by atoms with Crippen molar-refractivity contribution in [2.24, 2.45) is 4.99 Å². The van der Waals surface area contributed by atoms with Gasteiger partial charge in [-0.25, -0.2) is 0 Å². The molecule has 2 heterocycles. The number of halogens is 1. The van der Waals surface area contributed by atoms with E-state index < -0.39 is 0 Å². The van der Waals surface area contributed by atoms with Crippen molar-refractivity contribution >= 4 is 35.6 Å². The summed E-state index contributed by atoms with van der Waals surface area (Å²) in [6.45, 7) is 5.89. The minimum Gasteiger partial charge on any atom is -0.364 e. The molecule has 1 fully saturated rings. The molecular weight excluding hydrogens is 497 g/mol. The number of rotatable bonds is 7. The van der Waals surface area contributed by atoms with Gasteiger partial charge in [0.05, 0.1) is 0 Å². The lowest BCUT2D eigenvalue weighted by Crippen LogP contribution is -2.44. The molecular formula is C25H34IN5. The molecule has 0 spiro atoms. The van der Waals surface area contributed by atoms with Crippen molar-refractivity contribution in [3.63, 3.8) is 0 Å². The third-order valence-corrected chi connectivity index (χ3v) is 6.01. The molecule has 166 valence electrons. The second-order valence-electron chi connectivity index (χ2n) is 8.11. The number of guanidine groups is 1. The van der Waals surface area contributed by atoms with Gasteiger partial charge in [0.15, 0.2) is 5.96 Å². The van der Waals surface area contributed by atoms with Crippen molar-refractivity contribution in [3.8, 4) is 0 Å². The maximum absolute atomic E-state index is 4.43. The summed E-state index contributed by atoms with van der Waals surface area (Å²) >= 11 is 0. The highest BCUT2D eigenvalue weighted by molar-refractivity contribution is 14.0. The molecule has 4 rings (SSSR count). The van der Waals surface area contributed by atoms with Crippen LogP contribution in [0.5, 0.6) is 0 Å². The van der Waals surface area contributed by atoms with Crippen molar-refractivity contribution in [2.75, 3.05) is 38.1 Å². The second kappa shape index (κ2) is 12.1. The van der Waals surface area contributed by atoms with Gasteiger partial charge < -0.3 is 15.5 Å². The maximum atomic E-state index is 4.43. The summed E-state index contributed by atoms with van der Waals surface area (Å²) in [5, 5.41) is 7.02. The second-order valence-corrected chi connectivity index (χ2v) is 8.11. The zero-order valence-corrected chi connectivity index (χ0v) is 20.7. The van der Waals surface area contributed by atoms with E-state index in [4.69, 9.17) is 0 Å². The molecule has 0 bridgehead atoms. The lowest BCUT2D eigenvalue weighted by Gasteiger charge is -2.25.